The Morgan fingerprint density at radius 3 is 2.19 bits per heavy atom. The molecule has 0 bridgehead atoms. The molecule has 1 heteroatoms. The standard InChI is InChI=1S/C20H33N/c1-6-21-20(16-9-7-8-10-16)18-12-11-17(14(2)3)13-19(18)15(4)5/h11-16,20-21H,6-10H2,1-5H3. The minimum absolute atomic E-state index is 0.552. The van der Waals surface area contributed by atoms with Gasteiger partial charge in [-0.05, 0) is 53.8 Å². The van der Waals surface area contributed by atoms with Crippen LogP contribution in [-0.4, -0.2) is 6.54 Å². The van der Waals surface area contributed by atoms with E-state index >= 15 is 0 Å². The second-order valence-electron chi connectivity index (χ2n) is 7.28. The SMILES string of the molecule is CCNC(c1ccc(C(C)C)cc1C(C)C)C1CCCC1. The minimum Gasteiger partial charge on any atom is -0.310 e. The van der Waals surface area contributed by atoms with Crippen molar-refractivity contribution in [1.82, 2.24) is 5.32 Å². The van der Waals surface area contributed by atoms with Crippen LogP contribution in [0.5, 0.6) is 0 Å². The summed E-state index contributed by atoms with van der Waals surface area (Å²) >= 11 is 0. The van der Waals surface area contributed by atoms with Crippen molar-refractivity contribution in [2.24, 2.45) is 5.92 Å². The summed E-state index contributed by atoms with van der Waals surface area (Å²) in [6.07, 6.45) is 5.60. The van der Waals surface area contributed by atoms with E-state index in [1.807, 2.05) is 0 Å². The first kappa shape index (κ1) is 16.5. The Hall–Kier alpha value is -0.820. The molecule has 0 saturated heterocycles. The van der Waals surface area contributed by atoms with E-state index in [1.165, 1.54) is 31.2 Å². The largest absolute Gasteiger partial charge is 0.310 e. The zero-order chi connectivity index (χ0) is 15.4. The maximum Gasteiger partial charge on any atom is 0.0351 e. The molecule has 118 valence electrons. The fourth-order valence-electron chi connectivity index (χ4n) is 3.78. The molecule has 1 aromatic rings. The van der Waals surface area contributed by atoms with Gasteiger partial charge in [0.1, 0.15) is 0 Å². The van der Waals surface area contributed by atoms with Gasteiger partial charge in [-0.15, -0.1) is 0 Å². The highest BCUT2D eigenvalue weighted by Gasteiger charge is 2.27. The van der Waals surface area contributed by atoms with Crippen molar-refractivity contribution in [1.29, 1.82) is 0 Å². The van der Waals surface area contributed by atoms with Crippen LogP contribution in [0.1, 0.15) is 94.9 Å². The van der Waals surface area contributed by atoms with Crippen molar-refractivity contribution in [3.63, 3.8) is 0 Å². The molecule has 2 rings (SSSR count). The van der Waals surface area contributed by atoms with Crippen molar-refractivity contribution < 1.29 is 0 Å². The van der Waals surface area contributed by atoms with Gasteiger partial charge in [0.15, 0.2) is 0 Å². The van der Waals surface area contributed by atoms with Crippen molar-refractivity contribution in [3.05, 3.63) is 34.9 Å². The van der Waals surface area contributed by atoms with E-state index in [-0.39, 0.29) is 0 Å². The maximum atomic E-state index is 3.78. The first-order chi connectivity index (χ1) is 10.0. The van der Waals surface area contributed by atoms with Crippen LogP contribution >= 0.6 is 0 Å². The van der Waals surface area contributed by atoms with Crippen LogP contribution in [0.25, 0.3) is 0 Å². The third-order valence-electron chi connectivity index (χ3n) is 5.03. The Kier molecular flexibility index (Phi) is 5.87. The zero-order valence-corrected chi connectivity index (χ0v) is 14.6. The summed E-state index contributed by atoms with van der Waals surface area (Å²) in [6, 6.07) is 7.78. The van der Waals surface area contributed by atoms with Gasteiger partial charge in [-0.3, -0.25) is 0 Å². The quantitative estimate of drug-likeness (QED) is 0.700. The lowest BCUT2D eigenvalue weighted by Crippen LogP contribution is -2.28. The smallest absolute Gasteiger partial charge is 0.0351 e. The number of benzene rings is 1. The highest BCUT2D eigenvalue weighted by molar-refractivity contribution is 5.38. The molecule has 0 aromatic heterocycles. The monoisotopic (exact) mass is 287 g/mol. The van der Waals surface area contributed by atoms with Gasteiger partial charge in [0.25, 0.3) is 0 Å². The lowest BCUT2D eigenvalue weighted by molar-refractivity contribution is 0.371. The van der Waals surface area contributed by atoms with Crippen LogP contribution in [-0.2, 0) is 0 Å². The lowest BCUT2D eigenvalue weighted by Gasteiger charge is -2.29. The predicted molar refractivity (Wildman–Crippen MR) is 93.0 cm³/mol. The van der Waals surface area contributed by atoms with E-state index in [2.05, 4.69) is 58.1 Å². The maximum absolute atomic E-state index is 3.78. The highest BCUT2D eigenvalue weighted by Crippen LogP contribution is 2.39. The number of hydrogen-bond acceptors (Lipinski definition) is 1. The minimum atomic E-state index is 0.552. The third-order valence-corrected chi connectivity index (χ3v) is 5.03. The summed E-state index contributed by atoms with van der Waals surface area (Å²) in [4.78, 5) is 0. The molecule has 0 radical (unpaired) electrons. The van der Waals surface area contributed by atoms with Crippen molar-refractivity contribution in [2.75, 3.05) is 6.54 Å². The number of nitrogens with one attached hydrogen (secondary N) is 1. The van der Waals surface area contributed by atoms with Crippen LogP contribution < -0.4 is 5.32 Å². The average molecular weight is 287 g/mol. The second-order valence-corrected chi connectivity index (χ2v) is 7.28. The molecular weight excluding hydrogens is 254 g/mol. The van der Waals surface area contributed by atoms with Crippen LogP contribution in [0, 0.1) is 5.92 Å². The Labute approximate surface area is 131 Å². The molecule has 1 unspecified atom stereocenters. The highest BCUT2D eigenvalue weighted by atomic mass is 14.9. The van der Waals surface area contributed by atoms with Crippen LogP contribution in [0.4, 0.5) is 0 Å². The van der Waals surface area contributed by atoms with E-state index in [0.717, 1.165) is 12.5 Å². The molecule has 1 nitrogen and oxygen atoms in total. The molecular formula is C20H33N. The third kappa shape index (κ3) is 3.88. The van der Waals surface area contributed by atoms with Gasteiger partial charge >= 0.3 is 0 Å². The molecule has 1 N–H and O–H groups in total. The van der Waals surface area contributed by atoms with Gasteiger partial charge in [-0.2, -0.15) is 0 Å². The average Bonchev–Trinajstić information content (AvgIpc) is 2.98. The van der Waals surface area contributed by atoms with Gasteiger partial charge < -0.3 is 5.32 Å². The lowest BCUT2D eigenvalue weighted by atomic mass is 9.83. The van der Waals surface area contributed by atoms with Gasteiger partial charge in [-0.25, -0.2) is 0 Å². The van der Waals surface area contributed by atoms with Gasteiger partial charge in [0, 0.05) is 6.04 Å². The van der Waals surface area contributed by atoms with E-state index in [0.29, 0.717) is 17.9 Å². The molecule has 1 atom stereocenters. The van der Waals surface area contributed by atoms with E-state index in [4.69, 9.17) is 0 Å². The molecule has 0 aliphatic heterocycles. The zero-order valence-electron chi connectivity index (χ0n) is 14.6. The molecule has 1 fully saturated rings. The van der Waals surface area contributed by atoms with Crippen LogP contribution in [0.3, 0.4) is 0 Å². The Morgan fingerprint density at radius 1 is 1.00 bits per heavy atom. The second kappa shape index (κ2) is 7.45. The van der Waals surface area contributed by atoms with Crippen LogP contribution in [0.15, 0.2) is 18.2 Å². The van der Waals surface area contributed by atoms with Gasteiger partial charge in [-0.1, -0.05) is 65.7 Å². The molecule has 0 amide bonds. The summed E-state index contributed by atoms with van der Waals surface area (Å²) in [6.45, 7) is 12.5. The Balaban J connectivity index is 2.38. The van der Waals surface area contributed by atoms with Gasteiger partial charge in [0.2, 0.25) is 0 Å². The van der Waals surface area contributed by atoms with Crippen molar-refractivity contribution in [3.8, 4) is 0 Å². The molecule has 1 saturated carbocycles. The molecule has 1 aliphatic rings. The summed E-state index contributed by atoms with van der Waals surface area (Å²) in [5, 5.41) is 3.78. The summed E-state index contributed by atoms with van der Waals surface area (Å²) in [7, 11) is 0. The first-order valence-electron chi connectivity index (χ1n) is 8.91. The fourth-order valence-corrected chi connectivity index (χ4v) is 3.78. The summed E-state index contributed by atoms with van der Waals surface area (Å²) < 4.78 is 0. The molecule has 1 aromatic carbocycles. The van der Waals surface area contributed by atoms with E-state index < -0.39 is 0 Å². The Morgan fingerprint density at radius 2 is 1.67 bits per heavy atom. The molecule has 21 heavy (non-hydrogen) atoms. The van der Waals surface area contributed by atoms with E-state index in [9.17, 15) is 0 Å². The fraction of sp³-hybridized carbons (Fsp3) is 0.700. The Bertz CT molecular complexity index is 441. The van der Waals surface area contributed by atoms with E-state index in [1.54, 1.807) is 11.1 Å². The normalized spacial score (nSPS) is 17.9. The van der Waals surface area contributed by atoms with Crippen molar-refractivity contribution >= 4 is 0 Å². The number of hydrogen-bond donors (Lipinski definition) is 1. The molecule has 0 spiro atoms. The van der Waals surface area contributed by atoms with Gasteiger partial charge in [0.05, 0.1) is 0 Å². The molecule has 0 heterocycles. The summed E-state index contributed by atoms with van der Waals surface area (Å²) in [5.41, 5.74) is 4.59. The number of rotatable bonds is 6. The van der Waals surface area contributed by atoms with Crippen LogP contribution in [0.2, 0.25) is 0 Å². The first-order valence-corrected chi connectivity index (χ1v) is 8.91. The topological polar surface area (TPSA) is 12.0 Å². The molecule has 1 aliphatic carbocycles. The predicted octanol–water partition coefficient (Wildman–Crippen LogP) is 5.77. The summed E-state index contributed by atoms with van der Waals surface area (Å²) in [5.74, 6) is 2.04. The van der Waals surface area contributed by atoms with Crippen molar-refractivity contribution in [2.45, 2.75) is 78.2 Å².